The summed E-state index contributed by atoms with van der Waals surface area (Å²) in [5, 5.41) is 4.29. The van der Waals surface area contributed by atoms with Crippen molar-refractivity contribution < 1.29 is 24.0 Å². The number of aromatic amines is 1. The van der Waals surface area contributed by atoms with Crippen molar-refractivity contribution in [2.45, 2.75) is 6.92 Å². The van der Waals surface area contributed by atoms with Crippen LogP contribution in [0.4, 0.5) is 11.4 Å². The Balaban J connectivity index is 1.46. The second-order valence-corrected chi connectivity index (χ2v) is 8.58. The second-order valence-electron chi connectivity index (χ2n) is 8.14. The van der Waals surface area contributed by atoms with Gasteiger partial charge in [0.15, 0.2) is 6.54 Å². The first kappa shape index (κ1) is 22.9. The molecule has 0 atom stereocenters. The summed E-state index contributed by atoms with van der Waals surface area (Å²) in [5.74, 6) is -0.164. The number of rotatable bonds is 6. The van der Waals surface area contributed by atoms with Crippen molar-refractivity contribution in [3.63, 3.8) is 0 Å². The Morgan fingerprint density at radius 3 is 2.64 bits per heavy atom. The molecule has 1 aromatic heterocycles. The SMILES string of the molecule is COC(=O)c1[nH]c2cccc(OC)c2c1NC(=O)C[NH+]1CCN(c2cc(Cl)ccc2C)CC1. The Hall–Kier alpha value is -3.23. The number of quaternary nitrogens is 1. The Kier molecular flexibility index (Phi) is 6.76. The van der Waals surface area contributed by atoms with Crippen LogP contribution in [0.25, 0.3) is 10.9 Å². The van der Waals surface area contributed by atoms with E-state index in [4.69, 9.17) is 21.1 Å². The van der Waals surface area contributed by atoms with Gasteiger partial charge in [-0.25, -0.2) is 4.79 Å². The predicted octanol–water partition coefficient (Wildman–Crippen LogP) is 2.27. The lowest BCUT2D eigenvalue weighted by Gasteiger charge is -2.34. The van der Waals surface area contributed by atoms with Crippen molar-refractivity contribution in [3.05, 3.63) is 52.7 Å². The van der Waals surface area contributed by atoms with E-state index in [1.54, 1.807) is 13.2 Å². The van der Waals surface area contributed by atoms with Gasteiger partial charge < -0.3 is 29.6 Å². The number of benzene rings is 2. The Morgan fingerprint density at radius 1 is 1.18 bits per heavy atom. The van der Waals surface area contributed by atoms with Gasteiger partial charge in [-0.2, -0.15) is 0 Å². The molecule has 1 fully saturated rings. The number of hydrogen-bond acceptors (Lipinski definition) is 5. The van der Waals surface area contributed by atoms with Crippen LogP contribution in [0.3, 0.4) is 0 Å². The highest BCUT2D eigenvalue weighted by Gasteiger charge is 2.26. The van der Waals surface area contributed by atoms with Gasteiger partial charge in [-0.15, -0.1) is 0 Å². The first-order valence-electron chi connectivity index (χ1n) is 10.8. The zero-order valence-corrected chi connectivity index (χ0v) is 19.7. The molecule has 33 heavy (non-hydrogen) atoms. The van der Waals surface area contributed by atoms with Crippen LogP contribution in [0.2, 0.25) is 5.02 Å². The molecule has 174 valence electrons. The molecular formula is C24H28ClN4O4+. The summed E-state index contributed by atoms with van der Waals surface area (Å²) >= 11 is 6.18. The number of aryl methyl sites for hydroxylation is 1. The maximum atomic E-state index is 13.0. The molecule has 0 bridgehead atoms. The van der Waals surface area contributed by atoms with Crippen LogP contribution in [0.5, 0.6) is 5.75 Å². The minimum atomic E-state index is -0.554. The summed E-state index contributed by atoms with van der Waals surface area (Å²) < 4.78 is 10.4. The number of aromatic nitrogens is 1. The molecule has 4 rings (SSSR count). The van der Waals surface area contributed by atoms with Gasteiger partial charge in [0, 0.05) is 10.7 Å². The third kappa shape index (κ3) is 4.77. The van der Waals surface area contributed by atoms with Gasteiger partial charge in [0.1, 0.15) is 11.4 Å². The number of fused-ring (bicyclic) bond motifs is 1. The molecule has 0 unspecified atom stereocenters. The molecule has 1 aliphatic rings. The average Bonchev–Trinajstić information content (AvgIpc) is 3.19. The largest absolute Gasteiger partial charge is 0.496 e. The number of piperazine rings is 1. The number of nitrogens with one attached hydrogen (secondary N) is 3. The summed E-state index contributed by atoms with van der Waals surface area (Å²) in [6.07, 6.45) is 0. The average molecular weight is 472 g/mol. The zero-order chi connectivity index (χ0) is 23.5. The Morgan fingerprint density at radius 2 is 1.94 bits per heavy atom. The smallest absolute Gasteiger partial charge is 0.356 e. The fraction of sp³-hybridized carbons (Fsp3) is 0.333. The number of H-pyrrole nitrogens is 1. The van der Waals surface area contributed by atoms with E-state index in [2.05, 4.69) is 22.1 Å². The van der Waals surface area contributed by atoms with Gasteiger partial charge in [-0.05, 0) is 36.8 Å². The van der Waals surface area contributed by atoms with Crippen LogP contribution in [0, 0.1) is 6.92 Å². The van der Waals surface area contributed by atoms with Crippen molar-refractivity contribution >= 4 is 45.8 Å². The second kappa shape index (κ2) is 9.72. The number of hydrogen-bond donors (Lipinski definition) is 3. The van der Waals surface area contributed by atoms with E-state index in [-0.39, 0.29) is 11.6 Å². The van der Waals surface area contributed by atoms with E-state index in [9.17, 15) is 9.59 Å². The van der Waals surface area contributed by atoms with E-state index in [0.717, 1.165) is 36.9 Å². The van der Waals surface area contributed by atoms with Crippen LogP contribution in [-0.2, 0) is 9.53 Å². The van der Waals surface area contributed by atoms with Gasteiger partial charge in [-0.1, -0.05) is 23.7 Å². The summed E-state index contributed by atoms with van der Waals surface area (Å²) in [6.45, 7) is 5.68. The van der Waals surface area contributed by atoms with Crippen molar-refractivity contribution in [2.75, 3.05) is 57.2 Å². The van der Waals surface area contributed by atoms with Crippen LogP contribution < -0.4 is 19.9 Å². The molecule has 3 N–H and O–H groups in total. The van der Waals surface area contributed by atoms with Gasteiger partial charge in [0.05, 0.1) is 57.0 Å². The molecule has 2 aromatic carbocycles. The monoisotopic (exact) mass is 471 g/mol. The lowest BCUT2D eigenvalue weighted by molar-refractivity contribution is -0.892. The van der Waals surface area contributed by atoms with Crippen molar-refractivity contribution in [1.82, 2.24) is 4.98 Å². The van der Waals surface area contributed by atoms with E-state index >= 15 is 0 Å². The molecule has 0 aliphatic carbocycles. The summed E-state index contributed by atoms with van der Waals surface area (Å²) in [4.78, 5) is 31.8. The summed E-state index contributed by atoms with van der Waals surface area (Å²) in [6, 6.07) is 11.3. The van der Waals surface area contributed by atoms with Gasteiger partial charge in [-0.3, -0.25) is 4.79 Å². The fourth-order valence-corrected chi connectivity index (χ4v) is 4.51. The maximum absolute atomic E-state index is 13.0. The number of halogens is 1. The molecule has 1 amide bonds. The number of anilines is 2. The molecule has 2 heterocycles. The third-order valence-corrected chi connectivity index (χ3v) is 6.29. The topological polar surface area (TPSA) is 88.1 Å². The van der Waals surface area contributed by atoms with Crippen LogP contribution in [0.15, 0.2) is 36.4 Å². The van der Waals surface area contributed by atoms with Gasteiger partial charge in [0.2, 0.25) is 0 Å². The number of ether oxygens (including phenoxy) is 2. The maximum Gasteiger partial charge on any atom is 0.356 e. The lowest BCUT2D eigenvalue weighted by atomic mass is 10.1. The van der Waals surface area contributed by atoms with Crippen LogP contribution >= 0.6 is 11.6 Å². The zero-order valence-electron chi connectivity index (χ0n) is 19.0. The standard InChI is InChI=1S/C24H27ClN4O4/c1-15-7-8-16(25)13-18(15)29-11-9-28(10-12-29)14-20(30)27-22-21-17(5-4-6-19(21)32-2)26-23(22)24(31)33-3/h4-8,13,26H,9-12,14H2,1-3H3,(H,27,30)/p+1. The van der Waals surface area contributed by atoms with E-state index in [0.29, 0.717) is 28.9 Å². The van der Waals surface area contributed by atoms with Gasteiger partial charge in [0.25, 0.3) is 5.91 Å². The summed E-state index contributed by atoms with van der Waals surface area (Å²) in [7, 11) is 2.86. The van der Waals surface area contributed by atoms with Crippen molar-refractivity contribution in [1.29, 1.82) is 0 Å². The molecule has 1 saturated heterocycles. The lowest BCUT2D eigenvalue weighted by Crippen LogP contribution is -3.15. The molecule has 0 spiro atoms. The quantitative estimate of drug-likeness (QED) is 0.480. The van der Waals surface area contributed by atoms with Gasteiger partial charge >= 0.3 is 5.97 Å². The highest BCUT2D eigenvalue weighted by atomic mass is 35.5. The van der Waals surface area contributed by atoms with Crippen molar-refractivity contribution in [2.24, 2.45) is 0 Å². The number of esters is 1. The Bertz CT molecular complexity index is 1180. The van der Waals surface area contributed by atoms with Crippen LogP contribution in [-0.4, -0.2) is 63.8 Å². The fourth-order valence-electron chi connectivity index (χ4n) is 4.34. The number of amides is 1. The minimum absolute atomic E-state index is 0.172. The summed E-state index contributed by atoms with van der Waals surface area (Å²) in [5.41, 5.74) is 3.58. The van der Waals surface area contributed by atoms with E-state index < -0.39 is 5.97 Å². The number of methoxy groups -OCH3 is 2. The van der Waals surface area contributed by atoms with Crippen molar-refractivity contribution in [3.8, 4) is 5.75 Å². The predicted molar refractivity (Wildman–Crippen MR) is 129 cm³/mol. The number of carbonyl (C=O) groups excluding carboxylic acids is 2. The molecule has 0 radical (unpaired) electrons. The molecule has 3 aromatic rings. The first-order chi connectivity index (χ1) is 15.9. The minimum Gasteiger partial charge on any atom is -0.496 e. The normalized spacial score (nSPS) is 14.4. The molecule has 0 saturated carbocycles. The molecular weight excluding hydrogens is 444 g/mol. The Labute approximate surface area is 197 Å². The molecule has 1 aliphatic heterocycles. The van der Waals surface area contributed by atoms with E-state index in [1.165, 1.54) is 17.6 Å². The first-order valence-corrected chi connectivity index (χ1v) is 11.2. The highest BCUT2D eigenvalue weighted by molar-refractivity contribution is 6.30. The molecule has 9 heteroatoms. The third-order valence-electron chi connectivity index (χ3n) is 6.05. The van der Waals surface area contributed by atoms with Crippen LogP contribution in [0.1, 0.15) is 16.1 Å². The highest BCUT2D eigenvalue weighted by Crippen LogP contribution is 2.35. The number of nitrogens with zero attached hydrogens (tertiary/aromatic N) is 1. The van der Waals surface area contributed by atoms with E-state index in [1.807, 2.05) is 30.3 Å². The molecule has 8 nitrogen and oxygen atoms in total. The number of carbonyl (C=O) groups is 2.